The minimum Gasteiger partial charge on any atom is -0.294 e. The second kappa shape index (κ2) is 3.19. The fourth-order valence-electron chi connectivity index (χ4n) is 1.39. The fraction of sp³-hybridized carbons (Fsp3) is 0.556. The lowest BCUT2D eigenvalue weighted by molar-refractivity contribution is -0.0729. The van der Waals surface area contributed by atoms with Crippen molar-refractivity contribution in [1.82, 2.24) is 15.1 Å². The van der Waals surface area contributed by atoms with Crippen molar-refractivity contribution in [1.29, 1.82) is 0 Å². The molecule has 0 N–H and O–H groups in total. The first-order chi connectivity index (χ1) is 5.59. The lowest BCUT2D eigenvalue weighted by atomic mass is 10.3. The van der Waals surface area contributed by atoms with E-state index in [0.29, 0.717) is 0 Å². The van der Waals surface area contributed by atoms with Gasteiger partial charge in [-0.1, -0.05) is 6.08 Å². The zero-order chi connectivity index (χ0) is 9.30. The highest BCUT2D eigenvalue weighted by molar-refractivity contribution is 5.11. The van der Waals surface area contributed by atoms with Crippen LogP contribution in [0.1, 0.15) is 13.8 Å². The Morgan fingerprint density at radius 3 is 2.17 bits per heavy atom. The van der Waals surface area contributed by atoms with E-state index in [0.717, 1.165) is 6.54 Å². The molecule has 1 aliphatic heterocycles. The molecule has 3 heteroatoms. The van der Waals surface area contributed by atoms with Crippen molar-refractivity contribution in [3.8, 4) is 0 Å². The van der Waals surface area contributed by atoms with Crippen LogP contribution < -0.4 is 0 Å². The van der Waals surface area contributed by atoms with E-state index < -0.39 is 0 Å². The van der Waals surface area contributed by atoms with Crippen molar-refractivity contribution in [3.63, 3.8) is 0 Å². The lowest BCUT2D eigenvalue weighted by Crippen LogP contribution is -2.40. The molecule has 0 aromatic rings. The molecular formula is C9H17N3. The van der Waals surface area contributed by atoms with Crippen molar-refractivity contribution in [2.45, 2.75) is 13.8 Å². The maximum absolute atomic E-state index is 3.73. The summed E-state index contributed by atoms with van der Waals surface area (Å²) < 4.78 is 0. The highest BCUT2D eigenvalue weighted by Crippen LogP contribution is 2.23. The highest BCUT2D eigenvalue weighted by Gasteiger charge is 2.24. The van der Waals surface area contributed by atoms with Crippen LogP contribution in [0, 0.1) is 0 Å². The number of hydrazine groups is 2. The Morgan fingerprint density at radius 2 is 1.83 bits per heavy atom. The molecule has 0 fully saturated rings. The van der Waals surface area contributed by atoms with Crippen LogP contribution in [0.5, 0.6) is 0 Å². The van der Waals surface area contributed by atoms with Gasteiger partial charge >= 0.3 is 0 Å². The first-order valence-corrected chi connectivity index (χ1v) is 4.12. The molecular weight excluding hydrogens is 150 g/mol. The van der Waals surface area contributed by atoms with Gasteiger partial charge in [-0.25, -0.2) is 0 Å². The number of nitrogens with zero attached hydrogens (tertiary/aromatic N) is 3. The van der Waals surface area contributed by atoms with E-state index in [1.165, 1.54) is 11.4 Å². The maximum atomic E-state index is 3.73. The van der Waals surface area contributed by atoms with E-state index in [9.17, 15) is 0 Å². The molecule has 68 valence electrons. The van der Waals surface area contributed by atoms with Crippen molar-refractivity contribution < 1.29 is 0 Å². The van der Waals surface area contributed by atoms with Gasteiger partial charge in [0.2, 0.25) is 0 Å². The van der Waals surface area contributed by atoms with Gasteiger partial charge in [0.25, 0.3) is 0 Å². The Bertz CT molecular complexity index is 220. The normalized spacial score (nSPS) is 19.3. The summed E-state index contributed by atoms with van der Waals surface area (Å²) in [6, 6.07) is 0. The molecule has 0 radical (unpaired) electrons. The zero-order valence-electron chi connectivity index (χ0n) is 8.33. The molecule has 0 aromatic carbocycles. The van der Waals surface area contributed by atoms with Crippen molar-refractivity contribution >= 4 is 0 Å². The van der Waals surface area contributed by atoms with Crippen LogP contribution in [-0.4, -0.2) is 35.8 Å². The van der Waals surface area contributed by atoms with Crippen LogP contribution in [0.2, 0.25) is 0 Å². The zero-order valence-corrected chi connectivity index (χ0v) is 8.33. The highest BCUT2D eigenvalue weighted by atomic mass is 15.9. The third-order valence-corrected chi connectivity index (χ3v) is 2.48. The van der Waals surface area contributed by atoms with Gasteiger partial charge in [0.05, 0.1) is 6.54 Å². The third kappa shape index (κ3) is 1.20. The standard InChI is InChI=1S/C9H17N3/c1-6-7-12-9(3)8(2)10(4)11(12)5/h6H,1,7H2,2-5H3. The number of allylic oxidation sites excluding steroid dienone is 2. The Labute approximate surface area is 74.5 Å². The molecule has 0 unspecified atom stereocenters. The smallest absolute Gasteiger partial charge is 0.0539 e. The second-order valence-electron chi connectivity index (χ2n) is 3.05. The van der Waals surface area contributed by atoms with Crippen LogP contribution in [0.4, 0.5) is 0 Å². The molecule has 3 nitrogen and oxygen atoms in total. The first-order valence-electron chi connectivity index (χ1n) is 4.12. The summed E-state index contributed by atoms with van der Waals surface area (Å²) in [4.78, 5) is 0. The van der Waals surface area contributed by atoms with Gasteiger partial charge in [-0.15, -0.1) is 11.7 Å². The Morgan fingerprint density at radius 1 is 1.25 bits per heavy atom. The molecule has 1 rings (SSSR count). The number of rotatable bonds is 2. The summed E-state index contributed by atoms with van der Waals surface area (Å²) in [6.07, 6.45) is 1.91. The fourth-order valence-corrected chi connectivity index (χ4v) is 1.39. The van der Waals surface area contributed by atoms with Crippen LogP contribution in [0.25, 0.3) is 0 Å². The molecule has 1 heterocycles. The Balaban J connectivity index is 2.83. The molecule has 0 aromatic heterocycles. The van der Waals surface area contributed by atoms with E-state index in [1.54, 1.807) is 0 Å². The Kier molecular flexibility index (Phi) is 2.43. The Hall–Kier alpha value is -0.960. The van der Waals surface area contributed by atoms with Crippen LogP contribution in [-0.2, 0) is 0 Å². The van der Waals surface area contributed by atoms with E-state index in [1.807, 2.05) is 13.1 Å². The summed E-state index contributed by atoms with van der Waals surface area (Å²) >= 11 is 0. The predicted octanol–water partition coefficient (Wildman–Crippen LogP) is 1.43. The second-order valence-corrected chi connectivity index (χ2v) is 3.05. The van der Waals surface area contributed by atoms with Crippen LogP contribution in [0.15, 0.2) is 24.0 Å². The van der Waals surface area contributed by atoms with E-state index in [-0.39, 0.29) is 0 Å². The molecule has 12 heavy (non-hydrogen) atoms. The molecule has 0 atom stereocenters. The van der Waals surface area contributed by atoms with Gasteiger partial charge in [0.15, 0.2) is 0 Å². The summed E-state index contributed by atoms with van der Waals surface area (Å²) in [6.45, 7) is 8.84. The topological polar surface area (TPSA) is 9.72 Å². The van der Waals surface area contributed by atoms with Crippen LogP contribution in [0.3, 0.4) is 0 Å². The monoisotopic (exact) mass is 167 g/mol. The van der Waals surface area contributed by atoms with Gasteiger partial charge in [0.1, 0.15) is 0 Å². The van der Waals surface area contributed by atoms with E-state index in [2.05, 4.69) is 42.6 Å². The van der Waals surface area contributed by atoms with E-state index in [4.69, 9.17) is 0 Å². The van der Waals surface area contributed by atoms with Gasteiger partial charge in [0, 0.05) is 25.5 Å². The van der Waals surface area contributed by atoms with Crippen molar-refractivity contribution in [3.05, 3.63) is 24.0 Å². The summed E-state index contributed by atoms with van der Waals surface area (Å²) in [5.74, 6) is 0. The SMILES string of the molecule is C=CCN1C(C)=C(C)N(C)N1C. The molecule has 0 amide bonds. The predicted molar refractivity (Wildman–Crippen MR) is 50.8 cm³/mol. The van der Waals surface area contributed by atoms with Crippen LogP contribution >= 0.6 is 0 Å². The largest absolute Gasteiger partial charge is 0.294 e. The summed E-state index contributed by atoms with van der Waals surface area (Å²) in [5.41, 5.74) is 2.58. The third-order valence-electron chi connectivity index (χ3n) is 2.48. The molecule has 0 spiro atoms. The van der Waals surface area contributed by atoms with E-state index >= 15 is 0 Å². The summed E-state index contributed by atoms with van der Waals surface area (Å²) in [5, 5.41) is 6.40. The minimum absolute atomic E-state index is 0.865. The van der Waals surface area contributed by atoms with Crippen molar-refractivity contribution in [2.75, 3.05) is 20.6 Å². The summed E-state index contributed by atoms with van der Waals surface area (Å²) in [7, 11) is 4.10. The first kappa shape index (κ1) is 9.13. The molecule has 0 aliphatic carbocycles. The average molecular weight is 167 g/mol. The van der Waals surface area contributed by atoms with Gasteiger partial charge in [-0.05, 0) is 13.8 Å². The molecule has 0 saturated heterocycles. The van der Waals surface area contributed by atoms with Crippen molar-refractivity contribution in [2.24, 2.45) is 0 Å². The maximum Gasteiger partial charge on any atom is 0.0539 e. The quantitative estimate of drug-likeness (QED) is 0.576. The number of hydrogen-bond acceptors (Lipinski definition) is 3. The molecule has 1 aliphatic rings. The lowest BCUT2D eigenvalue weighted by Gasteiger charge is -2.30. The van der Waals surface area contributed by atoms with Gasteiger partial charge in [-0.2, -0.15) is 0 Å². The molecule has 0 bridgehead atoms. The molecule has 0 saturated carbocycles. The minimum atomic E-state index is 0.865. The number of hydrogen-bond donors (Lipinski definition) is 0. The van der Waals surface area contributed by atoms with Gasteiger partial charge in [-0.3, -0.25) is 10.0 Å². The average Bonchev–Trinajstić information content (AvgIpc) is 2.23. The van der Waals surface area contributed by atoms with Gasteiger partial charge < -0.3 is 0 Å².